The topological polar surface area (TPSA) is 58.5 Å². The van der Waals surface area contributed by atoms with Crippen LogP contribution < -0.4 is 4.83 Å². The number of hydrogen-bond acceptors (Lipinski definition) is 4. The van der Waals surface area contributed by atoms with Crippen LogP contribution in [-0.2, 0) is 10.0 Å². The van der Waals surface area contributed by atoms with E-state index in [0.29, 0.717) is 5.92 Å². The maximum Gasteiger partial charge on any atom is 0.276 e. The van der Waals surface area contributed by atoms with Gasteiger partial charge in [0.1, 0.15) is 0 Å². The SMILES string of the molecule is Cc1ccc(S(=O)(=O)N/N=C(/c2cccs2)C2CC2)cc1. The molecule has 1 saturated carbocycles. The van der Waals surface area contributed by atoms with Gasteiger partial charge >= 0.3 is 0 Å². The van der Waals surface area contributed by atoms with Crippen molar-refractivity contribution in [3.8, 4) is 0 Å². The molecule has 1 heterocycles. The molecule has 1 fully saturated rings. The number of benzene rings is 1. The molecule has 1 N–H and O–H groups in total. The van der Waals surface area contributed by atoms with Gasteiger partial charge < -0.3 is 0 Å². The Bertz CT molecular complexity index is 743. The molecule has 110 valence electrons. The van der Waals surface area contributed by atoms with Gasteiger partial charge in [-0.3, -0.25) is 0 Å². The molecule has 1 aliphatic rings. The quantitative estimate of drug-likeness (QED) is 0.679. The second kappa shape index (κ2) is 5.61. The Morgan fingerprint density at radius 3 is 2.52 bits per heavy atom. The third-order valence-corrected chi connectivity index (χ3v) is 5.47. The average Bonchev–Trinajstić information content (AvgIpc) is 3.14. The summed E-state index contributed by atoms with van der Waals surface area (Å²) in [5.74, 6) is 0.379. The Morgan fingerprint density at radius 1 is 1.24 bits per heavy atom. The highest BCUT2D eigenvalue weighted by atomic mass is 32.2. The first kappa shape index (κ1) is 14.3. The molecule has 1 aromatic carbocycles. The van der Waals surface area contributed by atoms with Crippen LogP contribution in [0.25, 0.3) is 0 Å². The minimum Gasteiger partial charge on any atom is -0.200 e. The van der Waals surface area contributed by atoms with Crippen LogP contribution in [0.2, 0.25) is 0 Å². The molecule has 3 rings (SSSR count). The number of rotatable bonds is 5. The lowest BCUT2D eigenvalue weighted by atomic mass is 10.2. The Morgan fingerprint density at radius 2 is 1.95 bits per heavy atom. The lowest BCUT2D eigenvalue weighted by molar-refractivity contribution is 0.584. The molecule has 0 saturated heterocycles. The number of hydrogen-bond donors (Lipinski definition) is 1. The Kier molecular flexibility index (Phi) is 3.82. The summed E-state index contributed by atoms with van der Waals surface area (Å²) in [7, 11) is -3.60. The van der Waals surface area contributed by atoms with Crippen molar-refractivity contribution in [2.75, 3.05) is 0 Å². The van der Waals surface area contributed by atoms with Crippen molar-refractivity contribution < 1.29 is 8.42 Å². The molecule has 0 amide bonds. The van der Waals surface area contributed by atoms with E-state index >= 15 is 0 Å². The van der Waals surface area contributed by atoms with Gasteiger partial charge in [0.25, 0.3) is 10.0 Å². The van der Waals surface area contributed by atoms with Crippen molar-refractivity contribution in [3.05, 3.63) is 52.2 Å². The van der Waals surface area contributed by atoms with Gasteiger partial charge in [0, 0.05) is 5.92 Å². The summed E-state index contributed by atoms with van der Waals surface area (Å²) in [4.78, 5) is 3.64. The van der Waals surface area contributed by atoms with Crippen molar-refractivity contribution in [3.63, 3.8) is 0 Å². The second-order valence-corrected chi connectivity index (χ2v) is 7.76. The van der Waals surface area contributed by atoms with Gasteiger partial charge in [0.2, 0.25) is 0 Å². The maximum absolute atomic E-state index is 12.2. The molecule has 0 spiro atoms. The van der Waals surface area contributed by atoms with E-state index in [1.54, 1.807) is 35.6 Å². The molecular weight excluding hydrogens is 304 g/mol. The second-order valence-electron chi connectivity index (χ2n) is 5.16. The minimum atomic E-state index is -3.60. The third-order valence-electron chi connectivity index (χ3n) is 3.36. The molecule has 0 unspecified atom stereocenters. The van der Waals surface area contributed by atoms with Crippen LogP contribution in [-0.4, -0.2) is 14.1 Å². The van der Waals surface area contributed by atoms with Crippen molar-refractivity contribution in [2.45, 2.75) is 24.7 Å². The highest BCUT2D eigenvalue weighted by Gasteiger charge is 2.30. The average molecular weight is 320 g/mol. The maximum atomic E-state index is 12.2. The van der Waals surface area contributed by atoms with Gasteiger partial charge in [0.15, 0.2) is 0 Å². The highest BCUT2D eigenvalue weighted by molar-refractivity contribution is 7.89. The van der Waals surface area contributed by atoms with Crippen LogP contribution in [0.5, 0.6) is 0 Å². The van der Waals surface area contributed by atoms with E-state index in [2.05, 4.69) is 9.93 Å². The van der Waals surface area contributed by atoms with Crippen molar-refractivity contribution in [2.24, 2.45) is 11.0 Å². The normalized spacial score (nSPS) is 16.0. The molecule has 0 atom stereocenters. The van der Waals surface area contributed by atoms with Gasteiger partial charge in [-0.2, -0.15) is 18.4 Å². The largest absolute Gasteiger partial charge is 0.276 e. The van der Waals surface area contributed by atoms with Crippen LogP contribution in [0.4, 0.5) is 0 Å². The van der Waals surface area contributed by atoms with Crippen LogP contribution in [0, 0.1) is 12.8 Å². The molecule has 4 nitrogen and oxygen atoms in total. The number of sulfonamides is 1. The minimum absolute atomic E-state index is 0.234. The Balaban J connectivity index is 1.84. The molecule has 1 aromatic heterocycles. The molecule has 2 aromatic rings. The van der Waals surface area contributed by atoms with Gasteiger partial charge in [-0.05, 0) is 43.3 Å². The van der Waals surface area contributed by atoms with Crippen molar-refractivity contribution in [1.82, 2.24) is 4.83 Å². The van der Waals surface area contributed by atoms with E-state index in [9.17, 15) is 8.42 Å². The third kappa shape index (κ3) is 3.33. The van der Waals surface area contributed by atoms with E-state index < -0.39 is 10.0 Å². The molecule has 1 aliphatic carbocycles. The van der Waals surface area contributed by atoms with E-state index in [1.165, 1.54) is 0 Å². The van der Waals surface area contributed by atoms with E-state index in [4.69, 9.17) is 0 Å². The number of hydrazone groups is 1. The molecule has 0 bridgehead atoms. The van der Waals surface area contributed by atoms with E-state index in [1.807, 2.05) is 24.4 Å². The summed E-state index contributed by atoms with van der Waals surface area (Å²) >= 11 is 1.58. The zero-order valence-electron chi connectivity index (χ0n) is 11.6. The standard InChI is InChI=1S/C15H16N2O2S2/c1-11-4-8-13(9-5-11)21(18,19)17-16-15(12-6-7-12)14-3-2-10-20-14/h2-5,8-10,12,17H,6-7H2,1H3/b16-15+. The Hall–Kier alpha value is -1.66. The monoisotopic (exact) mass is 320 g/mol. The molecule has 0 aliphatic heterocycles. The fourth-order valence-corrected chi connectivity index (χ4v) is 3.62. The lowest BCUT2D eigenvalue weighted by Crippen LogP contribution is -2.21. The first-order chi connectivity index (χ1) is 10.1. The number of thiophene rings is 1. The van der Waals surface area contributed by atoms with Gasteiger partial charge in [-0.25, -0.2) is 0 Å². The van der Waals surface area contributed by atoms with Gasteiger partial charge in [-0.1, -0.05) is 23.8 Å². The van der Waals surface area contributed by atoms with Crippen molar-refractivity contribution in [1.29, 1.82) is 0 Å². The smallest absolute Gasteiger partial charge is 0.200 e. The van der Waals surface area contributed by atoms with Crippen molar-refractivity contribution >= 4 is 27.1 Å². The lowest BCUT2D eigenvalue weighted by Gasteiger charge is -2.06. The van der Waals surface area contributed by atoms with Crippen LogP contribution >= 0.6 is 11.3 Å². The molecular formula is C15H16N2O2S2. The zero-order chi connectivity index (χ0) is 14.9. The predicted molar refractivity (Wildman–Crippen MR) is 85.1 cm³/mol. The van der Waals surface area contributed by atoms with Gasteiger partial charge in [0.05, 0.1) is 15.5 Å². The molecule has 6 heteroatoms. The summed E-state index contributed by atoms with van der Waals surface area (Å²) in [5, 5.41) is 6.16. The van der Waals surface area contributed by atoms with Crippen LogP contribution in [0.3, 0.4) is 0 Å². The first-order valence-corrected chi connectivity index (χ1v) is 9.12. The fraction of sp³-hybridized carbons (Fsp3) is 0.267. The van der Waals surface area contributed by atoms with E-state index in [0.717, 1.165) is 29.0 Å². The Labute approximate surface area is 128 Å². The molecule has 0 radical (unpaired) electrons. The summed E-state index contributed by atoms with van der Waals surface area (Å²) in [6, 6.07) is 10.7. The van der Waals surface area contributed by atoms with Gasteiger partial charge in [-0.15, -0.1) is 11.3 Å². The number of nitrogens with zero attached hydrogens (tertiary/aromatic N) is 1. The first-order valence-electron chi connectivity index (χ1n) is 6.76. The van der Waals surface area contributed by atoms with Crippen LogP contribution in [0.1, 0.15) is 23.3 Å². The summed E-state index contributed by atoms with van der Waals surface area (Å²) in [6.45, 7) is 1.92. The molecule has 21 heavy (non-hydrogen) atoms. The van der Waals surface area contributed by atoms with E-state index in [-0.39, 0.29) is 4.90 Å². The summed E-state index contributed by atoms with van der Waals surface area (Å²) in [5.41, 5.74) is 1.87. The number of nitrogens with one attached hydrogen (secondary N) is 1. The fourth-order valence-electron chi connectivity index (χ4n) is 2.01. The highest BCUT2D eigenvalue weighted by Crippen LogP contribution is 2.34. The number of aryl methyl sites for hydroxylation is 1. The summed E-state index contributed by atoms with van der Waals surface area (Å²) < 4.78 is 24.5. The zero-order valence-corrected chi connectivity index (χ0v) is 13.2. The predicted octanol–water partition coefficient (Wildman–Crippen LogP) is 3.15. The summed E-state index contributed by atoms with van der Waals surface area (Å²) in [6.07, 6.45) is 2.14. The van der Waals surface area contributed by atoms with Crippen LogP contribution in [0.15, 0.2) is 51.8 Å².